The van der Waals surface area contributed by atoms with Crippen molar-refractivity contribution < 1.29 is 19.1 Å². The van der Waals surface area contributed by atoms with Gasteiger partial charge in [-0.2, -0.15) is 0 Å². The molecule has 0 unspecified atom stereocenters. The minimum atomic E-state index is -0.513. The SMILES string of the molecule is CC(=O)OCC(=O)Nc1ccc([C@H](C)C(=O)Nc2ncc(C(C)C)s2)cc1. The fourth-order valence-corrected chi connectivity index (χ4v) is 3.02. The summed E-state index contributed by atoms with van der Waals surface area (Å²) in [7, 11) is 0. The molecule has 0 bridgehead atoms. The Hall–Kier alpha value is -2.74. The van der Waals surface area contributed by atoms with E-state index in [0.717, 1.165) is 10.4 Å². The van der Waals surface area contributed by atoms with Crippen LogP contribution in [-0.2, 0) is 19.1 Å². The Balaban J connectivity index is 1.93. The number of carbonyl (C=O) groups is 3. The molecule has 0 spiro atoms. The monoisotopic (exact) mass is 389 g/mol. The van der Waals surface area contributed by atoms with Crippen LogP contribution < -0.4 is 10.6 Å². The highest BCUT2D eigenvalue weighted by molar-refractivity contribution is 7.15. The number of thiazole rings is 1. The lowest BCUT2D eigenvalue weighted by Gasteiger charge is -2.12. The summed E-state index contributed by atoms with van der Waals surface area (Å²) in [5.41, 5.74) is 1.37. The number of nitrogens with zero attached hydrogens (tertiary/aromatic N) is 1. The summed E-state index contributed by atoms with van der Waals surface area (Å²) in [5, 5.41) is 6.05. The van der Waals surface area contributed by atoms with Gasteiger partial charge < -0.3 is 15.4 Å². The topological polar surface area (TPSA) is 97.4 Å². The number of nitrogens with one attached hydrogen (secondary N) is 2. The molecule has 0 aliphatic carbocycles. The molecule has 27 heavy (non-hydrogen) atoms. The molecular formula is C19H23N3O4S. The quantitative estimate of drug-likeness (QED) is 0.706. The van der Waals surface area contributed by atoms with E-state index in [1.54, 1.807) is 37.4 Å². The Morgan fingerprint density at radius 1 is 1.11 bits per heavy atom. The number of carbonyl (C=O) groups excluding carboxylic acids is 3. The Labute approximate surface area is 162 Å². The zero-order valence-corrected chi connectivity index (χ0v) is 16.6. The van der Waals surface area contributed by atoms with Crippen molar-refractivity contribution in [2.45, 2.75) is 39.5 Å². The van der Waals surface area contributed by atoms with Crippen molar-refractivity contribution >= 4 is 39.9 Å². The lowest BCUT2D eigenvalue weighted by atomic mass is 10.0. The van der Waals surface area contributed by atoms with E-state index in [2.05, 4.69) is 34.2 Å². The molecule has 2 aromatic rings. The summed E-state index contributed by atoms with van der Waals surface area (Å²) >= 11 is 1.47. The van der Waals surface area contributed by atoms with Crippen molar-refractivity contribution in [1.82, 2.24) is 4.98 Å². The summed E-state index contributed by atoms with van der Waals surface area (Å²) in [6, 6.07) is 6.94. The summed E-state index contributed by atoms with van der Waals surface area (Å²) in [4.78, 5) is 40.1. The van der Waals surface area contributed by atoms with E-state index in [1.807, 2.05) is 0 Å². The van der Waals surface area contributed by atoms with Crippen LogP contribution in [0.4, 0.5) is 10.8 Å². The van der Waals surface area contributed by atoms with E-state index in [9.17, 15) is 14.4 Å². The first-order valence-electron chi connectivity index (χ1n) is 8.56. The highest BCUT2D eigenvalue weighted by Crippen LogP contribution is 2.26. The molecule has 2 N–H and O–H groups in total. The van der Waals surface area contributed by atoms with Crippen molar-refractivity contribution in [3.8, 4) is 0 Å². The zero-order valence-electron chi connectivity index (χ0n) is 15.7. The Morgan fingerprint density at radius 2 is 1.78 bits per heavy atom. The number of ether oxygens (including phenoxy) is 1. The average Bonchev–Trinajstić information content (AvgIpc) is 3.09. The van der Waals surface area contributed by atoms with Crippen molar-refractivity contribution in [3.05, 3.63) is 40.9 Å². The van der Waals surface area contributed by atoms with Crippen molar-refractivity contribution in [1.29, 1.82) is 0 Å². The summed E-state index contributed by atoms with van der Waals surface area (Å²) in [5.74, 6) is -1.09. The maximum absolute atomic E-state index is 12.4. The van der Waals surface area contributed by atoms with Crippen LogP contribution in [0.2, 0.25) is 0 Å². The molecule has 0 radical (unpaired) electrons. The van der Waals surface area contributed by atoms with Gasteiger partial charge in [-0.15, -0.1) is 11.3 Å². The van der Waals surface area contributed by atoms with Gasteiger partial charge in [0.15, 0.2) is 11.7 Å². The van der Waals surface area contributed by atoms with E-state index in [-0.39, 0.29) is 18.4 Å². The van der Waals surface area contributed by atoms with E-state index in [4.69, 9.17) is 0 Å². The molecule has 1 aromatic carbocycles. The first-order chi connectivity index (χ1) is 12.8. The van der Waals surface area contributed by atoms with Crippen LogP contribution in [0.1, 0.15) is 50.0 Å². The second kappa shape index (κ2) is 9.27. The summed E-state index contributed by atoms with van der Waals surface area (Å²) in [6.45, 7) is 6.87. The molecule has 1 heterocycles. The Kier molecular flexibility index (Phi) is 7.06. The lowest BCUT2D eigenvalue weighted by molar-refractivity contribution is -0.144. The molecule has 1 aromatic heterocycles. The third-order valence-corrected chi connectivity index (χ3v) is 5.03. The smallest absolute Gasteiger partial charge is 0.303 e. The Bertz CT molecular complexity index is 815. The maximum Gasteiger partial charge on any atom is 0.303 e. The largest absolute Gasteiger partial charge is 0.456 e. The zero-order chi connectivity index (χ0) is 20.0. The number of rotatable bonds is 7. The van der Waals surface area contributed by atoms with Crippen molar-refractivity contribution in [3.63, 3.8) is 0 Å². The number of hydrogen-bond donors (Lipinski definition) is 2. The maximum atomic E-state index is 12.4. The first kappa shape index (κ1) is 20.6. The minimum Gasteiger partial charge on any atom is -0.456 e. The van der Waals surface area contributed by atoms with Gasteiger partial charge in [0.05, 0.1) is 5.92 Å². The molecule has 2 rings (SSSR count). The molecule has 0 saturated heterocycles. The number of hydrogen-bond acceptors (Lipinski definition) is 6. The van der Waals surface area contributed by atoms with Crippen LogP contribution in [-0.4, -0.2) is 29.4 Å². The predicted octanol–water partition coefficient (Wildman–Crippen LogP) is 3.51. The van der Waals surface area contributed by atoms with Crippen LogP contribution in [0.25, 0.3) is 0 Å². The van der Waals surface area contributed by atoms with Gasteiger partial charge in [-0.25, -0.2) is 4.98 Å². The molecule has 1 atom stereocenters. The standard InChI is InChI=1S/C19H23N3O4S/c1-11(2)16-9-20-19(27-16)22-18(25)12(3)14-5-7-15(8-6-14)21-17(24)10-26-13(4)23/h5-9,11-12H,10H2,1-4H3,(H,21,24)(H,20,22,25)/t12-/m0/s1. The van der Waals surface area contributed by atoms with Crippen LogP contribution in [0, 0.1) is 0 Å². The molecular weight excluding hydrogens is 366 g/mol. The van der Waals surface area contributed by atoms with Gasteiger partial charge in [-0.05, 0) is 30.5 Å². The lowest BCUT2D eigenvalue weighted by Crippen LogP contribution is -2.20. The number of benzene rings is 1. The van der Waals surface area contributed by atoms with E-state index < -0.39 is 11.9 Å². The van der Waals surface area contributed by atoms with E-state index in [0.29, 0.717) is 16.7 Å². The number of anilines is 2. The van der Waals surface area contributed by atoms with Crippen molar-refractivity contribution in [2.24, 2.45) is 0 Å². The highest BCUT2D eigenvalue weighted by Gasteiger charge is 2.17. The average molecular weight is 389 g/mol. The molecule has 8 heteroatoms. The van der Waals surface area contributed by atoms with Gasteiger partial charge in [0.2, 0.25) is 5.91 Å². The number of amides is 2. The van der Waals surface area contributed by atoms with E-state index >= 15 is 0 Å². The molecule has 0 aliphatic heterocycles. The molecule has 144 valence electrons. The van der Waals surface area contributed by atoms with Gasteiger partial charge in [0, 0.05) is 23.7 Å². The van der Waals surface area contributed by atoms with Gasteiger partial charge in [-0.3, -0.25) is 14.4 Å². The van der Waals surface area contributed by atoms with E-state index in [1.165, 1.54) is 18.3 Å². The van der Waals surface area contributed by atoms with Gasteiger partial charge in [-0.1, -0.05) is 26.0 Å². The fraction of sp³-hybridized carbons (Fsp3) is 0.368. The fourth-order valence-electron chi connectivity index (χ4n) is 2.20. The van der Waals surface area contributed by atoms with Gasteiger partial charge >= 0.3 is 5.97 Å². The van der Waals surface area contributed by atoms with Gasteiger partial charge in [0.1, 0.15) is 0 Å². The predicted molar refractivity (Wildman–Crippen MR) is 105 cm³/mol. The first-order valence-corrected chi connectivity index (χ1v) is 9.37. The van der Waals surface area contributed by atoms with Crippen LogP contribution in [0.3, 0.4) is 0 Å². The summed E-state index contributed by atoms with van der Waals surface area (Å²) < 4.78 is 4.63. The van der Waals surface area contributed by atoms with Crippen LogP contribution in [0.5, 0.6) is 0 Å². The number of aromatic nitrogens is 1. The Morgan fingerprint density at radius 3 is 2.33 bits per heavy atom. The summed E-state index contributed by atoms with van der Waals surface area (Å²) in [6.07, 6.45) is 1.78. The molecule has 0 fully saturated rings. The third kappa shape index (κ3) is 6.18. The molecule has 0 saturated carbocycles. The minimum absolute atomic E-state index is 0.147. The highest BCUT2D eigenvalue weighted by atomic mass is 32.1. The van der Waals surface area contributed by atoms with Crippen molar-refractivity contribution in [2.75, 3.05) is 17.2 Å². The molecule has 7 nitrogen and oxygen atoms in total. The van der Waals surface area contributed by atoms with Gasteiger partial charge in [0.25, 0.3) is 5.91 Å². The van der Waals surface area contributed by atoms with Crippen LogP contribution >= 0.6 is 11.3 Å². The second-order valence-corrected chi connectivity index (χ2v) is 7.45. The number of esters is 1. The third-order valence-electron chi connectivity index (χ3n) is 3.82. The second-order valence-electron chi connectivity index (χ2n) is 6.38. The van der Waals surface area contributed by atoms with Crippen LogP contribution in [0.15, 0.2) is 30.5 Å². The normalized spacial score (nSPS) is 11.7. The molecule has 0 aliphatic rings. The molecule has 2 amide bonds.